The largest absolute Gasteiger partial charge is 0.448 e. The molecule has 2 bridgehead atoms. The highest BCUT2D eigenvalue weighted by molar-refractivity contribution is 5.80. The molecule has 2 saturated heterocycles. The number of piperidine rings is 2. The Balaban J connectivity index is 1.11. The SMILES string of the molecule is O=C(OCC1c2ccccc2-c2ccccc21)N1C2CCCC1CC(O)(c1ccc3ccccc3n1)C2. The molecule has 4 aromatic rings. The zero-order chi connectivity index (χ0) is 25.0. The summed E-state index contributed by atoms with van der Waals surface area (Å²) in [6.07, 6.45) is 3.51. The maximum absolute atomic E-state index is 13.5. The summed E-state index contributed by atoms with van der Waals surface area (Å²) in [5, 5.41) is 12.8. The topological polar surface area (TPSA) is 62.7 Å². The average Bonchev–Trinajstić information content (AvgIpc) is 3.24. The van der Waals surface area contributed by atoms with E-state index in [0.717, 1.165) is 30.2 Å². The summed E-state index contributed by atoms with van der Waals surface area (Å²) in [7, 11) is 0. The highest BCUT2D eigenvalue weighted by Crippen LogP contribution is 2.46. The van der Waals surface area contributed by atoms with Gasteiger partial charge in [-0.1, -0.05) is 72.8 Å². The van der Waals surface area contributed by atoms with Crippen LogP contribution in [-0.4, -0.2) is 39.8 Å². The van der Waals surface area contributed by atoms with E-state index >= 15 is 0 Å². The molecular formula is C32H30N2O3. The summed E-state index contributed by atoms with van der Waals surface area (Å²) in [5.74, 6) is 0.0414. The van der Waals surface area contributed by atoms with Crippen molar-refractivity contribution in [2.75, 3.05) is 6.61 Å². The highest BCUT2D eigenvalue weighted by Gasteiger charge is 2.49. The third-order valence-corrected chi connectivity index (χ3v) is 8.63. The average molecular weight is 491 g/mol. The molecule has 37 heavy (non-hydrogen) atoms. The lowest BCUT2D eigenvalue weighted by atomic mass is 9.74. The lowest BCUT2D eigenvalue weighted by Crippen LogP contribution is -2.59. The fraction of sp³-hybridized carbons (Fsp3) is 0.312. The predicted octanol–water partition coefficient (Wildman–Crippen LogP) is 6.39. The second-order valence-electron chi connectivity index (χ2n) is 10.8. The standard InChI is InChI=1S/C32H30N2O3/c35-31(37-20-28-26-13-4-2-11-24(26)25-12-3-5-14-27(25)28)34-22-9-7-10-23(34)19-32(36,18-22)30-17-16-21-8-1-6-15-29(21)33-30/h1-6,8,11-17,22-23,28,36H,7,9-10,18-20H2. The van der Waals surface area contributed by atoms with Crippen LogP contribution in [0.25, 0.3) is 22.0 Å². The van der Waals surface area contributed by atoms with Gasteiger partial charge >= 0.3 is 6.09 Å². The molecule has 2 aliphatic heterocycles. The molecule has 0 spiro atoms. The molecule has 3 heterocycles. The number of hydrogen-bond donors (Lipinski definition) is 1. The number of nitrogens with zero attached hydrogens (tertiary/aromatic N) is 2. The highest BCUT2D eigenvalue weighted by atomic mass is 16.6. The number of ether oxygens (including phenoxy) is 1. The minimum Gasteiger partial charge on any atom is -0.448 e. The van der Waals surface area contributed by atoms with E-state index in [9.17, 15) is 9.90 Å². The van der Waals surface area contributed by atoms with Crippen LogP contribution in [0, 0.1) is 0 Å². The van der Waals surface area contributed by atoms with Gasteiger partial charge in [0.1, 0.15) is 12.2 Å². The molecular weight excluding hydrogens is 460 g/mol. The van der Waals surface area contributed by atoms with Crippen LogP contribution >= 0.6 is 0 Å². The molecule has 2 atom stereocenters. The van der Waals surface area contributed by atoms with Gasteiger partial charge in [0.05, 0.1) is 11.2 Å². The molecule has 5 nitrogen and oxygen atoms in total. The predicted molar refractivity (Wildman–Crippen MR) is 143 cm³/mol. The number of carbonyl (C=O) groups is 1. The van der Waals surface area contributed by atoms with Gasteiger partial charge in [0.25, 0.3) is 0 Å². The molecule has 2 fully saturated rings. The third kappa shape index (κ3) is 3.72. The minimum atomic E-state index is -1.04. The van der Waals surface area contributed by atoms with Crippen LogP contribution in [0.3, 0.4) is 0 Å². The second kappa shape index (κ2) is 8.70. The van der Waals surface area contributed by atoms with Gasteiger partial charge in [0.15, 0.2) is 0 Å². The minimum absolute atomic E-state index is 0.0414. The van der Waals surface area contributed by atoms with Crippen LogP contribution in [0.2, 0.25) is 0 Å². The van der Waals surface area contributed by atoms with Gasteiger partial charge in [0, 0.05) is 36.2 Å². The van der Waals surface area contributed by atoms with Crippen molar-refractivity contribution >= 4 is 17.0 Å². The molecule has 1 amide bonds. The smallest absolute Gasteiger partial charge is 0.410 e. The van der Waals surface area contributed by atoms with Gasteiger partial charge in [-0.3, -0.25) is 0 Å². The lowest BCUT2D eigenvalue weighted by molar-refractivity contribution is -0.0911. The van der Waals surface area contributed by atoms with Gasteiger partial charge in [-0.15, -0.1) is 0 Å². The number of rotatable bonds is 3. The molecule has 3 aromatic carbocycles. The van der Waals surface area contributed by atoms with E-state index in [1.165, 1.54) is 22.3 Å². The first-order valence-corrected chi connectivity index (χ1v) is 13.3. The van der Waals surface area contributed by atoms with E-state index in [-0.39, 0.29) is 24.1 Å². The van der Waals surface area contributed by atoms with E-state index in [0.29, 0.717) is 25.1 Å². The van der Waals surface area contributed by atoms with Crippen LogP contribution in [0.1, 0.15) is 54.8 Å². The summed E-state index contributed by atoms with van der Waals surface area (Å²) >= 11 is 0. The number of aliphatic hydroxyl groups is 1. The zero-order valence-electron chi connectivity index (χ0n) is 20.7. The fourth-order valence-corrected chi connectivity index (χ4v) is 6.93. The maximum Gasteiger partial charge on any atom is 0.410 e. The van der Waals surface area contributed by atoms with Crippen LogP contribution in [0.15, 0.2) is 84.9 Å². The van der Waals surface area contributed by atoms with Crippen LogP contribution in [0.5, 0.6) is 0 Å². The van der Waals surface area contributed by atoms with Crippen molar-refractivity contribution in [1.29, 1.82) is 0 Å². The maximum atomic E-state index is 13.5. The molecule has 0 saturated carbocycles. The molecule has 2 unspecified atom stereocenters. The van der Waals surface area contributed by atoms with Crippen molar-refractivity contribution in [2.45, 2.75) is 55.7 Å². The molecule has 5 heteroatoms. The normalized spacial score (nSPS) is 24.5. The number of para-hydroxylation sites is 1. The first-order valence-electron chi connectivity index (χ1n) is 13.3. The van der Waals surface area contributed by atoms with E-state index in [2.05, 4.69) is 48.5 Å². The number of benzene rings is 3. The molecule has 1 N–H and O–H groups in total. The van der Waals surface area contributed by atoms with Crippen LogP contribution in [0.4, 0.5) is 4.79 Å². The number of amides is 1. The third-order valence-electron chi connectivity index (χ3n) is 8.63. The van der Waals surface area contributed by atoms with Crippen LogP contribution in [-0.2, 0) is 10.3 Å². The summed E-state index contributed by atoms with van der Waals surface area (Å²) in [4.78, 5) is 20.3. The monoisotopic (exact) mass is 490 g/mol. The molecule has 0 radical (unpaired) electrons. The van der Waals surface area contributed by atoms with Gasteiger partial charge in [-0.25, -0.2) is 9.78 Å². The van der Waals surface area contributed by atoms with Crippen molar-refractivity contribution in [2.24, 2.45) is 0 Å². The molecule has 7 rings (SSSR count). The van der Waals surface area contributed by atoms with Crippen molar-refractivity contribution < 1.29 is 14.6 Å². The Hall–Kier alpha value is -3.70. The Morgan fingerprint density at radius 3 is 2.19 bits per heavy atom. The summed E-state index contributed by atoms with van der Waals surface area (Å²) in [6, 6.07) is 28.6. The molecule has 1 aromatic heterocycles. The van der Waals surface area contributed by atoms with Crippen molar-refractivity contribution in [1.82, 2.24) is 9.88 Å². The Morgan fingerprint density at radius 1 is 0.865 bits per heavy atom. The Bertz CT molecular complexity index is 1440. The van der Waals surface area contributed by atoms with Gasteiger partial charge in [0.2, 0.25) is 0 Å². The Kier molecular flexibility index (Phi) is 5.29. The van der Waals surface area contributed by atoms with Gasteiger partial charge in [-0.2, -0.15) is 0 Å². The zero-order valence-corrected chi connectivity index (χ0v) is 20.7. The fourth-order valence-electron chi connectivity index (χ4n) is 6.93. The number of fused-ring (bicyclic) bond motifs is 6. The quantitative estimate of drug-likeness (QED) is 0.362. The Labute approximate surface area is 216 Å². The lowest BCUT2D eigenvalue weighted by Gasteiger charge is -2.51. The summed E-state index contributed by atoms with van der Waals surface area (Å²) in [6.45, 7) is 0.319. The first kappa shape index (κ1) is 22.5. The number of hydrogen-bond acceptors (Lipinski definition) is 4. The molecule has 186 valence electrons. The van der Waals surface area contributed by atoms with Crippen molar-refractivity contribution in [3.63, 3.8) is 0 Å². The summed E-state index contributed by atoms with van der Waals surface area (Å²) < 4.78 is 6.04. The van der Waals surface area contributed by atoms with Crippen molar-refractivity contribution in [3.8, 4) is 11.1 Å². The van der Waals surface area contributed by atoms with E-state index in [4.69, 9.17) is 9.72 Å². The van der Waals surface area contributed by atoms with Crippen molar-refractivity contribution in [3.05, 3.63) is 102 Å². The molecule has 1 aliphatic carbocycles. The first-order chi connectivity index (χ1) is 18.1. The van der Waals surface area contributed by atoms with E-state index in [1.54, 1.807) is 0 Å². The van der Waals surface area contributed by atoms with E-state index < -0.39 is 5.60 Å². The van der Waals surface area contributed by atoms with Gasteiger partial charge < -0.3 is 14.7 Å². The molecule has 3 aliphatic rings. The number of carbonyl (C=O) groups excluding carboxylic acids is 1. The van der Waals surface area contributed by atoms with Crippen LogP contribution < -0.4 is 0 Å². The summed E-state index contributed by atoms with van der Waals surface area (Å²) in [5.41, 5.74) is 5.43. The second-order valence-corrected chi connectivity index (χ2v) is 10.8. The van der Waals surface area contributed by atoms with E-state index in [1.807, 2.05) is 41.3 Å². The number of aromatic nitrogens is 1. The number of pyridine rings is 1. The van der Waals surface area contributed by atoms with Gasteiger partial charge in [-0.05, 0) is 53.6 Å². The Morgan fingerprint density at radius 2 is 1.49 bits per heavy atom.